The number of carbonyl (C=O) groups is 2. The zero-order valence-corrected chi connectivity index (χ0v) is 13.0. The van der Waals surface area contributed by atoms with Gasteiger partial charge in [-0.15, -0.1) is 0 Å². The smallest absolute Gasteiger partial charge is 0.325 e. The van der Waals surface area contributed by atoms with Crippen LogP contribution >= 0.6 is 12.2 Å². The monoisotopic (exact) mass is 309 g/mol. The van der Waals surface area contributed by atoms with Gasteiger partial charge in [-0.3, -0.25) is 9.59 Å². The number of benzene rings is 1. The average Bonchev–Trinajstić information content (AvgIpc) is 2.44. The van der Waals surface area contributed by atoms with Gasteiger partial charge in [-0.05, 0) is 50.3 Å². The Morgan fingerprint density at radius 1 is 1.24 bits per heavy atom. The van der Waals surface area contributed by atoms with Crippen LogP contribution in [0.2, 0.25) is 0 Å². The van der Waals surface area contributed by atoms with E-state index in [9.17, 15) is 9.59 Å². The molecule has 0 aromatic heterocycles. The lowest BCUT2D eigenvalue weighted by molar-refractivity contribution is -0.139. The summed E-state index contributed by atoms with van der Waals surface area (Å²) in [6.07, 6.45) is 0. The maximum absolute atomic E-state index is 11.8. The summed E-state index contributed by atoms with van der Waals surface area (Å²) in [5, 5.41) is 9.06. The third-order valence-corrected chi connectivity index (χ3v) is 2.67. The summed E-state index contributed by atoms with van der Waals surface area (Å²) >= 11 is 5.13. The molecule has 1 aromatic carbocycles. The van der Waals surface area contributed by atoms with Crippen LogP contribution in [0, 0.1) is 0 Å². The molecule has 0 aliphatic carbocycles. The number of methoxy groups -OCH3 is 1. The number of anilines is 1. The number of esters is 1. The lowest BCUT2D eigenvalue weighted by Gasteiger charge is -2.13. The van der Waals surface area contributed by atoms with Crippen molar-refractivity contribution in [3.63, 3.8) is 0 Å². The van der Waals surface area contributed by atoms with Gasteiger partial charge in [-0.1, -0.05) is 0 Å². The van der Waals surface area contributed by atoms with E-state index in [1.54, 1.807) is 24.3 Å². The molecule has 0 spiro atoms. The van der Waals surface area contributed by atoms with Gasteiger partial charge in [0.2, 0.25) is 0 Å². The Bertz CT molecular complexity index is 515. The highest BCUT2D eigenvalue weighted by atomic mass is 32.1. The van der Waals surface area contributed by atoms with Crippen molar-refractivity contribution >= 4 is 34.9 Å². The van der Waals surface area contributed by atoms with E-state index in [0.29, 0.717) is 10.7 Å². The van der Waals surface area contributed by atoms with Crippen LogP contribution in [-0.4, -0.2) is 36.7 Å². The van der Waals surface area contributed by atoms with Crippen molar-refractivity contribution in [1.29, 1.82) is 0 Å². The number of carbonyl (C=O) groups excluding carboxylic acids is 2. The predicted octanol–water partition coefficient (Wildman–Crippen LogP) is 1.28. The molecule has 0 heterocycles. The molecule has 0 radical (unpaired) electrons. The molecule has 1 amide bonds. The van der Waals surface area contributed by atoms with Gasteiger partial charge in [0.15, 0.2) is 5.11 Å². The summed E-state index contributed by atoms with van der Waals surface area (Å²) in [5.41, 5.74) is 1.23. The van der Waals surface area contributed by atoms with Crippen LogP contribution in [0.15, 0.2) is 24.3 Å². The molecular formula is C14H19N3O3S. The minimum atomic E-state index is -0.494. The Morgan fingerprint density at radius 2 is 1.86 bits per heavy atom. The maximum atomic E-state index is 11.8. The van der Waals surface area contributed by atoms with E-state index >= 15 is 0 Å². The zero-order valence-electron chi connectivity index (χ0n) is 12.2. The summed E-state index contributed by atoms with van der Waals surface area (Å²) < 4.78 is 4.45. The van der Waals surface area contributed by atoms with Gasteiger partial charge >= 0.3 is 5.97 Å². The van der Waals surface area contributed by atoms with Crippen molar-refractivity contribution in [1.82, 2.24) is 10.6 Å². The number of ether oxygens (including phenoxy) is 1. The van der Waals surface area contributed by atoms with Crippen molar-refractivity contribution < 1.29 is 14.3 Å². The Balaban J connectivity index is 2.55. The van der Waals surface area contributed by atoms with Gasteiger partial charge in [0, 0.05) is 17.3 Å². The largest absolute Gasteiger partial charge is 0.468 e. The van der Waals surface area contributed by atoms with E-state index in [2.05, 4.69) is 20.7 Å². The van der Waals surface area contributed by atoms with Gasteiger partial charge in [-0.2, -0.15) is 0 Å². The van der Waals surface area contributed by atoms with Crippen LogP contribution in [0.5, 0.6) is 0 Å². The Kier molecular flexibility index (Phi) is 6.61. The minimum absolute atomic E-state index is 0.155. The summed E-state index contributed by atoms with van der Waals surface area (Å²) in [7, 11) is 1.27. The summed E-state index contributed by atoms with van der Waals surface area (Å²) in [6, 6.07) is 7.01. The molecule has 0 atom stereocenters. The fourth-order valence-electron chi connectivity index (χ4n) is 1.46. The normalized spacial score (nSPS) is 9.90. The second-order valence-corrected chi connectivity index (χ2v) is 5.00. The molecule has 21 heavy (non-hydrogen) atoms. The lowest BCUT2D eigenvalue weighted by Crippen LogP contribution is -2.33. The Morgan fingerprint density at radius 3 is 2.38 bits per heavy atom. The fraction of sp³-hybridized carbons (Fsp3) is 0.357. The molecule has 0 aliphatic rings. The average molecular weight is 309 g/mol. The number of nitrogens with one attached hydrogen (secondary N) is 3. The van der Waals surface area contributed by atoms with E-state index in [0.717, 1.165) is 5.69 Å². The standard InChI is InChI=1S/C14H19N3O3S/c1-9(2)16-14(21)17-11-6-4-10(5-7-11)13(19)15-8-12(18)20-3/h4-7,9H,8H2,1-3H3,(H,15,19)(H2,16,17,21). The first-order valence-corrected chi connectivity index (χ1v) is 6.85. The molecule has 0 aliphatic heterocycles. The molecule has 0 saturated carbocycles. The Hall–Kier alpha value is -2.15. The lowest BCUT2D eigenvalue weighted by atomic mass is 10.2. The first-order valence-electron chi connectivity index (χ1n) is 6.45. The fourth-order valence-corrected chi connectivity index (χ4v) is 1.81. The topological polar surface area (TPSA) is 79.5 Å². The third kappa shape index (κ3) is 6.22. The van der Waals surface area contributed by atoms with Crippen LogP contribution in [0.4, 0.5) is 5.69 Å². The van der Waals surface area contributed by atoms with Crippen LogP contribution in [0.25, 0.3) is 0 Å². The first kappa shape index (κ1) is 16.9. The van der Waals surface area contributed by atoms with Crippen molar-refractivity contribution in [3.8, 4) is 0 Å². The highest BCUT2D eigenvalue weighted by molar-refractivity contribution is 7.80. The summed E-state index contributed by atoms with van der Waals surface area (Å²) in [5.74, 6) is -0.832. The number of rotatable bonds is 5. The van der Waals surface area contributed by atoms with Gasteiger partial charge < -0.3 is 20.7 Å². The molecule has 0 bridgehead atoms. The molecule has 0 fully saturated rings. The van der Waals surface area contributed by atoms with Gasteiger partial charge in [0.05, 0.1) is 7.11 Å². The summed E-state index contributed by atoms with van der Waals surface area (Å²) in [6.45, 7) is 3.82. The van der Waals surface area contributed by atoms with E-state index < -0.39 is 5.97 Å². The van der Waals surface area contributed by atoms with Gasteiger partial charge in [-0.25, -0.2) is 0 Å². The molecule has 1 rings (SSSR count). The second-order valence-electron chi connectivity index (χ2n) is 4.59. The molecular weight excluding hydrogens is 290 g/mol. The van der Waals surface area contributed by atoms with Crippen molar-refractivity contribution in [2.45, 2.75) is 19.9 Å². The SMILES string of the molecule is COC(=O)CNC(=O)c1ccc(NC(=S)NC(C)C)cc1. The molecule has 0 saturated heterocycles. The maximum Gasteiger partial charge on any atom is 0.325 e. The van der Waals surface area contributed by atoms with Crippen molar-refractivity contribution in [3.05, 3.63) is 29.8 Å². The van der Waals surface area contributed by atoms with Crippen molar-refractivity contribution in [2.75, 3.05) is 19.0 Å². The second kappa shape index (κ2) is 8.21. The Labute approximate surface area is 129 Å². The molecule has 6 nitrogen and oxygen atoms in total. The first-order chi connectivity index (χ1) is 9.92. The van der Waals surface area contributed by atoms with E-state index in [1.165, 1.54) is 7.11 Å². The minimum Gasteiger partial charge on any atom is -0.468 e. The number of hydrogen-bond donors (Lipinski definition) is 3. The zero-order chi connectivity index (χ0) is 15.8. The quantitative estimate of drug-likeness (QED) is 0.562. The predicted molar refractivity (Wildman–Crippen MR) is 85.3 cm³/mol. The van der Waals surface area contributed by atoms with Crippen LogP contribution in [0.1, 0.15) is 24.2 Å². The molecule has 7 heteroatoms. The highest BCUT2D eigenvalue weighted by Crippen LogP contribution is 2.09. The van der Waals surface area contributed by atoms with E-state index in [4.69, 9.17) is 12.2 Å². The number of amides is 1. The highest BCUT2D eigenvalue weighted by Gasteiger charge is 2.08. The van der Waals surface area contributed by atoms with Gasteiger partial charge in [0.25, 0.3) is 5.91 Å². The van der Waals surface area contributed by atoms with E-state index in [1.807, 2.05) is 13.8 Å². The molecule has 3 N–H and O–H groups in total. The molecule has 114 valence electrons. The number of thiocarbonyl (C=S) groups is 1. The molecule has 1 aromatic rings. The number of hydrogen-bond acceptors (Lipinski definition) is 4. The van der Waals surface area contributed by atoms with Crippen molar-refractivity contribution in [2.24, 2.45) is 0 Å². The van der Waals surface area contributed by atoms with Crippen LogP contribution in [-0.2, 0) is 9.53 Å². The van der Waals surface area contributed by atoms with Gasteiger partial charge in [0.1, 0.15) is 6.54 Å². The third-order valence-electron chi connectivity index (χ3n) is 2.45. The van der Waals surface area contributed by atoms with Crippen LogP contribution in [0.3, 0.4) is 0 Å². The van der Waals surface area contributed by atoms with E-state index in [-0.39, 0.29) is 18.5 Å². The van der Waals surface area contributed by atoms with Crippen LogP contribution < -0.4 is 16.0 Å². The summed E-state index contributed by atoms with van der Waals surface area (Å²) in [4.78, 5) is 22.7. The molecule has 0 unspecified atom stereocenters.